The summed E-state index contributed by atoms with van der Waals surface area (Å²) >= 11 is 0. The third kappa shape index (κ3) is 1.75. The van der Waals surface area contributed by atoms with E-state index >= 15 is 0 Å². The van der Waals surface area contributed by atoms with Gasteiger partial charge in [0.2, 0.25) is 0 Å². The zero-order valence-corrected chi connectivity index (χ0v) is 8.12. The molecule has 0 unspecified atom stereocenters. The predicted molar refractivity (Wildman–Crippen MR) is 57.6 cm³/mol. The maximum atomic E-state index is 3.99. The molecule has 0 radical (unpaired) electrons. The number of pyridine rings is 1. The van der Waals surface area contributed by atoms with E-state index in [1.807, 2.05) is 18.2 Å². The molecule has 1 aromatic rings. The molecule has 1 aliphatic carbocycles. The van der Waals surface area contributed by atoms with Crippen LogP contribution in [0.3, 0.4) is 0 Å². The van der Waals surface area contributed by atoms with Crippen molar-refractivity contribution in [2.75, 3.05) is 0 Å². The minimum atomic E-state index is 1.03. The molecule has 0 aromatic carbocycles. The minimum Gasteiger partial charge on any atom is -0.265 e. The molecule has 1 aliphatic rings. The lowest BCUT2D eigenvalue weighted by Gasteiger charge is -2.03. The minimum absolute atomic E-state index is 1.03. The van der Waals surface area contributed by atoms with Crippen molar-refractivity contribution in [3.8, 4) is 0 Å². The Morgan fingerprint density at radius 3 is 2.79 bits per heavy atom. The van der Waals surface area contributed by atoms with Crippen molar-refractivity contribution in [1.29, 1.82) is 0 Å². The van der Waals surface area contributed by atoms with E-state index in [2.05, 4.69) is 29.4 Å². The van der Waals surface area contributed by atoms with Gasteiger partial charge in [0, 0.05) is 18.0 Å². The van der Waals surface area contributed by atoms with Crippen LogP contribution >= 0.6 is 0 Å². The van der Waals surface area contributed by atoms with E-state index in [9.17, 15) is 0 Å². The molecule has 1 heterocycles. The van der Waals surface area contributed by atoms with Gasteiger partial charge < -0.3 is 0 Å². The molecule has 68 valence electrons. The highest BCUT2D eigenvalue weighted by Crippen LogP contribution is 2.19. The van der Waals surface area contributed by atoms with Gasteiger partial charge in [-0.15, -0.1) is 0 Å². The van der Waals surface area contributed by atoms with Crippen molar-refractivity contribution in [2.45, 2.75) is 13.3 Å². The van der Waals surface area contributed by atoms with E-state index in [-0.39, 0.29) is 0 Å². The van der Waals surface area contributed by atoms with Crippen molar-refractivity contribution in [3.05, 3.63) is 59.3 Å². The fourth-order valence-electron chi connectivity index (χ4n) is 1.36. The van der Waals surface area contributed by atoms with E-state index in [0.717, 1.165) is 17.6 Å². The van der Waals surface area contributed by atoms with Gasteiger partial charge in [-0.2, -0.15) is 0 Å². The van der Waals surface area contributed by atoms with E-state index in [1.165, 1.54) is 5.57 Å². The summed E-state index contributed by atoms with van der Waals surface area (Å²) < 4.78 is 0. The molecule has 0 spiro atoms. The quantitative estimate of drug-likeness (QED) is 0.639. The first-order valence-corrected chi connectivity index (χ1v) is 4.73. The molecular weight excluding hydrogens is 170 g/mol. The number of hydrogen-bond donors (Lipinski definition) is 0. The molecule has 1 nitrogen and oxygen atoms in total. The highest BCUT2D eigenvalue weighted by atomic mass is 14.6. The summed E-state index contributed by atoms with van der Waals surface area (Å²) in [5.41, 5.74) is 9.66. The summed E-state index contributed by atoms with van der Waals surface area (Å²) in [5, 5.41) is 0. The monoisotopic (exact) mass is 181 g/mol. The largest absolute Gasteiger partial charge is 0.265 e. The van der Waals surface area contributed by atoms with E-state index in [0.29, 0.717) is 0 Å². The Balaban J connectivity index is 2.43. The fraction of sp³-hybridized carbons (Fsp3) is 0.154. The number of nitrogens with zero attached hydrogens (tertiary/aromatic N) is 1. The van der Waals surface area contributed by atoms with Crippen molar-refractivity contribution >= 4 is 5.57 Å². The standard InChI is InChI=1S/C13H11N/c1-2-11-4-3-5-13(10-11)12-6-8-14-9-7-12/h4,6-10H,2H2,1H3. The second-order valence-electron chi connectivity index (χ2n) is 3.14. The van der Waals surface area contributed by atoms with Crippen LogP contribution < -0.4 is 0 Å². The fourth-order valence-corrected chi connectivity index (χ4v) is 1.36. The first-order valence-electron chi connectivity index (χ1n) is 4.73. The number of aromatic nitrogens is 1. The van der Waals surface area contributed by atoms with E-state index in [1.54, 1.807) is 12.4 Å². The van der Waals surface area contributed by atoms with Crippen molar-refractivity contribution in [3.63, 3.8) is 0 Å². The second-order valence-corrected chi connectivity index (χ2v) is 3.14. The zero-order chi connectivity index (χ0) is 9.80. The van der Waals surface area contributed by atoms with Gasteiger partial charge in [0.15, 0.2) is 0 Å². The van der Waals surface area contributed by atoms with Crippen molar-refractivity contribution < 1.29 is 0 Å². The first-order chi connectivity index (χ1) is 6.90. The highest BCUT2D eigenvalue weighted by molar-refractivity contribution is 5.75. The molecule has 2 rings (SSSR count). The molecule has 0 aliphatic heterocycles. The molecule has 0 bridgehead atoms. The molecule has 1 aromatic heterocycles. The summed E-state index contributed by atoms with van der Waals surface area (Å²) in [6, 6.07) is 3.97. The third-order valence-corrected chi connectivity index (χ3v) is 2.19. The summed E-state index contributed by atoms with van der Waals surface area (Å²) in [7, 11) is 0. The van der Waals surface area contributed by atoms with Crippen LogP contribution in [-0.4, -0.2) is 4.98 Å². The van der Waals surface area contributed by atoms with Gasteiger partial charge in [-0.05, 0) is 41.8 Å². The lowest BCUT2D eigenvalue weighted by molar-refractivity contribution is 1.15. The Morgan fingerprint density at radius 1 is 1.29 bits per heavy atom. The first kappa shape index (κ1) is 8.77. The number of hydrogen-bond acceptors (Lipinski definition) is 1. The highest BCUT2D eigenvalue weighted by Gasteiger charge is 2.00. The molecule has 14 heavy (non-hydrogen) atoms. The van der Waals surface area contributed by atoms with Crippen LogP contribution in [0.5, 0.6) is 0 Å². The molecular formula is C13H11N. The SMILES string of the molecule is CCC1=CC(c2ccncc2)=C=C=C1. The topological polar surface area (TPSA) is 12.9 Å². The summed E-state index contributed by atoms with van der Waals surface area (Å²) in [4.78, 5) is 3.99. The van der Waals surface area contributed by atoms with E-state index in [4.69, 9.17) is 0 Å². The Kier molecular flexibility index (Phi) is 2.46. The summed E-state index contributed by atoms with van der Waals surface area (Å²) in [5.74, 6) is 0. The van der Waals surface area contributed by atoms with Crippen LogP contribution in [0.25, 0.3) is 5.57 Å². The second kappa shape index (κ2) is 3.93. The summed E-state index contributed by atoms with van der Waals surface area (Å²) in [6.07, 6.45) is 8.74. The van der Waals surface area contributed by atoms with Gasteiger partial charge in [0.1, 0.15) is 0 Å². The van der Waals surface area contributed by atoms with Gasteiger partial charge >= 0.3 is 0 Å². The Morgan fingerprint density at radius 2 is 2.07 bits per heavy atom. The van der Waals surface area contributed by atoms with Gasteiger partial charge in [0.05, 0.1) is 0 Å². The summed E-state index contributed by atoms with van der Waals surface area (Å²) in [6.45, 7) is 2.14. The Hall–Kier alpha value is -1.81. The van der Waals surface area contributed by atoms with Gasteiger partial charge in [-0.3, -0.25) is 4.98 Å². The average molecular weight is 181 g/mol. The van der Waals surface area contributed by atoms with Gasteiger partial charge in [-0.25, -0.2) is 0 Å². The molecule has 0 N–H and O–H groups in total. The Bertz CT molecular complexity index is 453. The molecule has 0 amide bonds. The maximum absolute atomic E-state index is 3.99. The molecule has 0 atom stereocenters. The lowest BCUT2D eigenvalue weighted by Crippen LogP contribution is -1.84. The van der Waals surface area contributed by atoms with Crippen LogP contribution in [0.4, 0.5) is 0 Å². The lowest BCUT2D eigenvalue weighted by atomic mass is 10.0. The molecule has 1 heteroatoms. The van der Waals surface area contributed by atoms with Crippen LogP contribution in [0.15, 0.2) is 53.7 Å². The molecule has 0 saturated carbocycles. The van der Waals surface area contributed by atoms with Crippen molar-refractivity contribution in [1.82, 2.24) is 4.98 Å². The van der Waals surface area contributed by atoms with Crippen LogP contribution in [0.2, 0.25) is 0 Å². The molecule has 0 fully saturated rings. The molecule has 0 saturated heterocycles. The number of allylic oxidation sites excluding steroid dienone is 4. The van der Waals surface area contributed by atoms with Gasteiger partial charge in [-0.1, -0.05) is 18.4 Å². The predicted octanol–water partition coefficient (Wildman–Crippen LogP) is 3.13. The maximum Gasteiger partial charge on any atom is 0.0325 e. The normalized spacial score (nSPS) is 13.8. The average Bonchev–Trinajstić information content (AvgIpc) is 2.30. The zero-order valence-electron chi connectivity index (χ0n) is 8.12. The van der Waals surface area contributed by atoms with Crippen LogP contribution in [0.1, 0.15) is 18.9 Å². The third-order valence-electron chi connectivity index (χ3n) is 2.19. The van der Waals surface area contributed by atoms with Crippen LogP contribution in [0, 0.1) is 0 Å². The smallest absolute Gasteiger partial charge is 0.0325 e. The van der Waals surface area contributed by atoms with Crippen LogP contribution in [-0.2, 0) is 0 Å². The Labute approximate surface area is 83.8 Å². The van der Waals surface area contributed by atoms with E-state index < -0.39 is 0 Å². The van der Waals surface area contributed by atoms with Gasteiger partial charge in [0.25, 0.3) is 0 Å². The number of rotatable bonds is 2. The van der Waals surface area contributed by atoms with Crippen molar-refractivity contribution in [2.24, 2.45) is 0 Å².